The summed E-state index contributed by atoms with van der Waals surface area (Å²) in [7, 11) is 5.16. The Morgan fingerprint density at radius 1 is 1.20 bits per heavy atom. The van der Waals surface area contributed by atoms with E-state index in [9.17, 15) is 19.8 Å². The number of likely N-dealkylation sites (tertiary alicyclic amines) is 1. The molecule has 1 aliphatic heterocycles. The second-order valence-electron chi connectivity index (χ2n) is 8.58. The van der Waals surface area contributed by atoms with Crippen molar-refractivity contribution in [2.75, 3.05) is 40.9 Å². The lowest BCUT2D eigenvalue weighted by molar-refractivity contribution is -0.140. The highest BCUT2D eigenvalue weighted by molar-refractivity contribution is 9.10. The Morgan fingerprint density at radius 2 is 1.94 bits per heavy atom. The van der Waals surface area contributed by atoms with Gasteiger partial charge in [-0.05, 0) is 66.3 Å². The van der Waals surface area contributed by atoms with Gasteiger partial charge < -0.3 is 29.5 Å². The lowest BCUT2D eigenvalue weighted by Gasteiger charge is -2.27. The summed E-state index contributed by atoms with van der Waals surface area (Å²) in [4.78, 5) is 29.6. The highest BCUT2D eigenvalue weighted by Gasteiger charge is 2.46. The number of unbranched alkanes of at least 4 members (excludes halogenated alkanes) is 1. The van der Waals surface area contributed by atoms with E-state index in [1.165, 1.54) is 12.0 Å². The number of phenolic OH excluding ortho intramolecular Hbond substituents is 1. The Morgan fingerprint density at radius 3 is 2.60 bits per heavy atom. The Bertz CT molecular complexity index is 1130. The van der Waals surface area contributed by atoms with E-state index < -0.39 is 17.7 Å². The van der Waals surface area contributed by atoms with Crippen molar-refractivity contribution in [3.05, 3.63) is 57.6 Å². The number of Topliss-reactive ketones (excluding diaryl/α,β-unsaturated/α-hetero) is 1. The largest absolute Gasteiger partial charge is 0.507 e. The molecule has 8 nitrogen and oxygen atoms in total. The number of aromatic hydroxyl groups is 1. The van der Waals surface area contributed by atoms with E-state index in [4.69, 9.17) is 9.47 Å². The molecule has 35 heavy (non-hydrogen) atoms. The monoisotopic (exact) mass is 546 g/mol. The summed E-state index contributed by atoms with van der Waals surface area (Å²) in [5, 5.41) is 21.6. The average Bonchev–Trinajstić information content (AvgIpc) is 3.09. The number of phenols is 1. The van der Waals surface area contributed by atoms with Crippen molar-refractivity contribution in [2.24, 2.45) is 0 Å². The highest BCUT2D eigenvalue weighted by atomic mass is 79.9. The fraction of sp³-hybridized carbons (Fsp3) is 0.385. The number of carbonyl (C=O) groups excluding carboxylic acids is 2. The van der Waals surface area contributed by atoms with E-state index in [0.717, 1.165) is 12.8 Å². The normalized spacial score (nSPS) is 17.3. The number of ether oxygens (including phenoxy) is 2. The quantitative estimate of drug-likeness (QED) is 0.198. The van der Waals surface area contributed by atoms with Crippen molar-refractivity contribution >= 4 is 33.4 Å². The first kappa shape index (κ1) is 26.6. The van der Waals surface area contributed by atoms with Crippen LogP contribution in [0.5, 0.6) is 17.2 Å². The molecule has 1 saturated heterocycles. The summed E-state index contributed by atoms with van der Waals surface area (Å²) >= 11 is 3.32. The highest BCUT2D eigenvalue weighted by Crippen LogP contribution is 2.44. The van der Waals surface area contributed by atoms with Crippen molar-refractivity contribution in [2.45, 2.75) is 25.8 Å². The molecule has 1 aliphatic rings. The number of carbonyl (C=O) groups is 2. The summed E-state index contributed by atoms with van der Waals surface area (Å²) in [6.07, 6.45) is 1.88. The van der Waals surface area contributed by atoms with E-state index >= 15 is 0 Å². The Balaban J connectivity index is 2.14. The third kappa shape index (κ3) is 5.79. The summed E-state index contributed by atoms with van der Waals surface area (Å²) in [5.74, 6) is -1.11. The van der Waals surface area contributed by atoms with Crippen molar-refractivity contribution in [1.82, 2.24) is 9.80 Å². The number of ketones is 1. The molecule has 1 unspecified atom stereocenters. The van der Waals surface area contributed by atoms with E-state index in [1.54, 1.807) is 36.4 Å². The van der Waals surface area contributed by atoms with Crippen LogP contribution in [-0.2, 0) is 9.59 Å². The predicted octanol–water partition coefficient (Wildman–Crippen LogP) is 4.33. The number of aliphatic hydroxyl groups is 1. The van der Waals surface area contributed by atoms with Gasteiger partial charge in [0.15, 0.2) is 11.5 Å². The molecule has 0 aliphatic carbocycles. The molecule has 1 fully saturated rings. The summed E-state index contributed by atoms with van der Waals surface area (Å²) in [6.45, 7) is 3.38. The van der Waals surface area contributed by atoms with Crippen LogP contribution < -0.4 is 9.47 Å². The van der Waals surface area contributed by atoms with Crippen LogP contribution in [0.3, 0.4) is 0 Å². The summed E-state index contributed by atoms with van der Waals surface area (Å²) in [5.41, 5.74) is 0.861. The fourth-order valence-corrected chi connectivity index (χ4v) is 4.35. The van der Waals surface area contributed by atoms with Crippen LogP contribution in [0.4, 0.5) is 0 Å². The lowest BCUT2D eigenvalue weighted by atomic mass is 9.95. The number of hydrogen-bond acceptors (Lipinski definition) is 7. The zero-order chi connectivity index (χ0) is 25.7. The molecule has 1 heterocycles. The maximum Gasteiger partial charge on any atom is 0.295 e. The van der Waals surface area contributed by atoms with Gasteiger partial charge in [0.2, 0.25) is 0 Å². The van der Waals surface area contributed by atoms with Gasteiger partial charge in [-0.2, -0.15) is 0 Å². The van der Waals surface area contributed by atoms with E-state index in [2.05, 4.69) is 22.9 Å². The van der Waals surface area contributed by atoms with Crippen LogP contribution in [0.15, 0.2) is 46.4 Å². The predicted molar refractivity (Wildman–Crippen MR) is 137 cm³/mol. The van der Waals surface area contributed by atoms with Gasteiger partial charge in [-0.1, -0.05) is 25.5 Å². The van der Waals surface area contributed by atoms with Crippen LogP contribution in [0, 0.1) is 0 Å². The molecule has 0 saturated carbocycles. The maximum absolute atomic E-state index is 13.2. The first-order valence-electron chi connectivity index (χ1n) is 11.4. The van der Waals surface area contributed by atoms with Gasteiger partial charge in [-0.15, -0.1) is 0 Å². The zero-order valence-corrected chi connectivity index (χ0v) is 22.0. The topological polar surface area (TPSA) is 99.5 Å². The minimum absolute atomic E-state index is 0.0286. The minimum atomic E-state index is -0.870. The van der Waals surface area contributed by atoms with Gasteiger partial charge >= 0.3 is 0 Å². The summed E-state index contributed by atoms with van der Waals surface area (Å²) in [6, 6.07) is 9.15. The SMILES string of the molecule is CCCCOc1cccc(C(O)=C2C(=O)C(=O)N(CCN(C)C)C2c2cc(Br)c(O)c(OC)c2)c1. The van der Waals surface area contributed by atoms with Gasteiger partial charge in [0.25, 0.3) is 11.7 Å². The molecule has 0 spiro atoms. The number of aliphatic hydroxyl groups excluding tert-OH is 1. The van der Waals surface area contributed by atoms with Gasteiger partial charge in [0, 0.05) is 18.7 Å². The third-order valence-corrected chi connectivity index (χ3v) is 6.39. The number of hydrogen-bond donors (Lipinski definition) is 2. The molecule has 9 heteroatoms. The van der Waals surface area contributed by atoms with Crippen molar-refractivity contribution in [3.8, 4) is 17.2 Å². The standard InChI is InChI=1S/C26H31BrN2O6/c1-5-6-12-35-18-9-7-8-16(13-18)23(30)21-22(17-14-19(27)24(31)20(15-17)34-4)29(11-10-28(2)3)26(33)25(21)32/h7-9,13-15,22,30-31H,5-6,10-12H2,1-4H3. The first-order chi connectivity index (χ1) is 16.7. The van der Waals surface area contributed by atoms with Crippen LogP contribution >= 0.6 is 15.9 Å². The molecule has 2 aromatic carbocycles. The Kier molecular flexibility index (Phi) is 8.80. The van der Waals surface area contributed by atoms with E-state index in [1.807, 2.05) is 19.0 Å². The average molecular weight is 547 g/mol. The smallest absolute Gasteiger partial charge is 0.295 e. The van der Waals surface area contributed by atoms with E-state index in [0.29, 0.717) is 34.5 Å². The van der Waals surface area contributed by atoms with Gasteiger partial charge in [0.1, 0.15) is 11.5 Å². The van der Waals surface area contributed by atoms with Crippen LogP contribution in [-0.4, -0.2) is 72.6 Å². The van der Waals surface area contributed by atoms with Crippen molar-refractivity contribution < 1.29 is 29.3 Å². The minimum Gasteiger partial charge on any atom is -0.507 e. The number of nitrogens with zero attached hydrogens (tertiary/aromatic N) is 2. The number of benzene rings is 2. The Hall–Kier alpha value is -3.04. The molecule has 1 amide bonds. The van der Waals surface area contributed by atoms with Gasteiger partial charge in [0.05, 0.1) is 29.8 Å². The lowest BCUT2D eigenvalue weighted by Crippen LogP contribution is -2.35. The zero-order valence-electron chi connectivity index (χ0n) is 20.4. The number of methoxy groups -OCH3 is 1. The third-order valence-electron chi connectivity index (χ3n) is 5.79. The van der Waals surface area contributed by atoms with Crippen molar-refractivity contribution in [3.63, 3.8) is 0 Å². The molecule has 3 rings (SSSR count). The second kappa shape index (κ2) is 11.6. The van der Waals surface area contributed by atoms with Crippen LogP contribution in [0.1, 0.15) is 36.9 Å². The van der Waals surface area contributed by atoms with Gasteiger partial charge in [-0.25, -0.2) is 0 Å². The van der Waals surface area contributed by atoms with Crippen LogP contribution in [0.2, 0.25) is 0 Å². The molecular formula is C26H31BrN2O6. The van der Waals surface area contributed by atoms with E-state index in [-0.39, 0.29) is 29.4 Å². The van der Waals surface area contributed by atoms with Crippen molar-refractivity contribution in [1.29, 1.82) is 0 Å². The van der Waals surface area contributed by atoms with Crippen LogP contribution in [0.25, 0.3) is 5.76 Å². The molecule has 0 bridgehead atoms. The second-order valence-corrected chi connectivity index (χ2v) is 9.43. The molecule has 2 N–H and O–H groups in total. The molecule has 0 aromatic heterocycles. The Labute approximate surface area is 213 Å². The molecule has 0 radical (unpaired) electrons. The first-order valence-corrected chi connectivity index (χ1v) is 12.2. The molecule has 2 aromatic rings. The fourth-order valence-electron chi connectivity index (χ4n) is 3.90. The van der Waals surface area contributed by atoms with Gasteiger partial charge in [-0.3, -0.25) is 9.59 Å². The number of halogens is 1. The number of rotatable bonds is 10. The number of likely N-dealkylation sites (N-methyl/N-ethyl adjacent to an activating group) is 1. The molecule has 188 valence electrons. The summed E-state index contributed by atoms with van der Waals surface area (Å²) < 4.78 is 11.4. The molecular weight excluding hydrogens is 516 g/mol. The number of amides is 1. The maximum atomic E-state index is 13.2. The molecule has 1 atom stereocenters.